The maximum atomic E-state index is 6.49. The SMILES string of the molecule is c1ccc2cc(NCCOC34CC5CC(CC(C5)C3)C4)ccc2c1. The highest BCUT2D eigenvalue weighted by atomic mass is 16.5. The van der Waals surface area contributed by atoms with E-state index in [1.807, 2.05) is 0 Å². The molecule has 4 aliphatic carbocycles. The molecule has 126 valence electrons. The molecule has 2 heteroatoms. The summed E-state index contributed by atoms with van der Waals surface area (Å²) < 4.78 is 6.49. The van der Waals surface area contributed by atoms with E-state index in [1.54, 1.807) is 0 Å². The van der Waals surface area contributed by atoms with E-state index in [9.17, 15) is 0 Å². The molecule has 4 fully saturated rings. The lowest BCUT2D eigenvalue weighted by molar-refractivity contribution is -0.159. The summed E-state index contributed by atoms with van der Waals surface area (Å²) in [7, 11) is 0. The van der Waals surface area contributed by atoms with Gasteiger partial charge in [-0.25, -0.2) is 0 Å². The molecule has 0 radical (unpaired) electrons. The Labute approximate surface area is 144 Å². The summed E-state index contributed by atoms with van der Waals surface area (Å²) in [6.45, 7) is 1.74. The lowest BCUT2D eigenvalue weighted by Crippen LogP contribution is -2.52. The lowest BCUT2D eigenvalue weighted by Gasteiger charge is -2.56. The van der Waals surface area contributed by atoms with Gasteiger partial charge in [0, 0.05) is 12.2 Å². The van der Waals surface area contributed by atoms with Gasteiger partial charge in [0.05, 0.1) is 12.2 Å². The predicted molar refractivity (Wildman–Crippen MR) is 99.3 cm³/mol. The summed E-state index contributed by atoms with van der Waals surface area (Å²) in [6.07, 6.45) is 8.44. The number of anilines is 1. The van der Waals surface area contributed by atoms with Crippen LogP contribution in [0.25, 0.3) is 10.8 Å². The largest absolute Gasteiger partial charge is 0.383 e. The van der Waals surface area contributed by atoms with Crippen LogP contribution in [0.5, 0.6) is 0 Å². The van der Waals surface area contributed by atoms with Crippen LogP contribution in [0, 0.1) is 17.8 Å². The van der Waals surface area contributed by atoms with Crippen LogP contribution < -0.4 is 5.32 Å². The first-order valence-electron chi connectivity index (χ1n) is 9.65. The van der Waals surface area contributed by atoms with Crippen LogP contribution in [0.3, 0.4) is 0 Å². The molecule has 24 heavy (non-hydrogen) atoms. The third kappa shape index (κ3) is 2.71. The summed E-state index contributed by atoms with van der Waals surface area (Å²) in [5.74, 6) is 2.89. The molecular formula is C22H27NO. The van der Waals surface area contributed by atoms with Gasteiger partial charge in [-0.3, -0.25) is 0 Å². The van der Waals surface area contributed by atoms with Gasteiger partial charge in [-0.2, -0.15) is 0 Å². The number of rotatable bonds is 5. The smallest absolute Gasteiger partial charge is 0.0691 e. The summed E-state index contributed by atoms with van der Waals surface area (Å²) in [6, 6.07) is 15.1. The van der Waals surface area contributed by atoms with E-state index in [0.29, 0.717) is 0 Å². The minimum absolute atomic E-state index is 0.236. The van der Waals surface area contributed by atoms with Gasteiger partial charge >= 0.3 is 0 Å². The second kappa shape index (κ2) is 5.77. The van der Waals surface area contributed by atoms with Gasteiger partial charge in [-0.05, 0) is 79.2 Å². The molecule has 0 spiro atoms. The van der Waals surface area contributed by atoms with Gasteiger partial charge in [0.15, 0.2) is 0 Å². The Morgan fingerprint density at radius 3 is 2.25 bits per heavy atom. The molecule has 6 rings (SSSR count). The van der Waals surface area contributed by atoms with Crippen LogP contribution in [-0.2, 0) is 4.74 Å². The normalized spacial score (nSPS) is 33.9. The topological polar surface area (TPSA) is 21.3 Å². The molecule has 0 saturated heterocycles. The molecule has 0 aliphatic heterocycles. The maximum absolute atomic E-state index is 6.49. The van der Waals surface area contributed by atoms with Crippen molar-refractivity contribution in [1.29, 1.82) is 0 Å². The number of hydrogen-bond donors (Lipinski definition) is 1. The molecule has 0 unspecified atom stereocenters. The molecule has 0 aromatic heterocycles. The number of benzene rings is 2. The Morgan fingerprint density at radius 1 is 0.875 bits per heavy atom. The fraction of sp³-hybridized carbons (Fsp3) is 0.545. The monoisotopic (exact) mass is 321 g/mol. The minimum Gasteiger partial charge on any atom is -0.383 e. The summed E-state index contributed by atoms with van der Waals surface area (Å²) in [4.78, 5) is 0. The molecule has 4 saturated carbocycles. The Kier molecular flexibility index (Phi) is 3.55. The highest BCUT2D eigenvalue weighted by molar-refractivity contribution is 5.85. The molecular weight excluding hydrogens is 294 g/mol. The van der Waals surface area contributed by atoms with E-state index >= 15 is 0 Å². The van der Waals surface area contributed by atoms with Crippen LogP contribution >= 0.6 is 0 Å². The fourth-order valence-electron chi connectivity index (χ4n) is 5.97. The van der Waals surface area contributed by atoms with Crippen LogP contribution in [0.1, 0.15) is 38.5 Å². The Balaban J connectivity index is 1.18. The molecule has 2 aromatic rings. The quantitative estimate of drug-likeness (QED) is 0.761. The van der Waals surface area contributed by atoms with Gasteiger partial charge in [0.25, 0.3) is 0 Å². The first-order chi connectivity index (χ1) is 11.8. The van der Waals surface area contributed by atoms with E-state index in [0.717, 1.165) is 30.9 Å². The molecule has 1 N–H and O–H groups in total. The van der Waals surface area contributed by atoms with E-state index < -0.39 is 0 Å². The van der Waals surface area contributed by atoms with Crippen molar-refractivity contribution >= 4 is 16.5 Å². The third-order valence-electron chi connectivity index (χ3n) is 6.57. The highest BCUT2D eigenvalue weighted by Gasteiger charge is 2.51. The average Bonchev–Trinajstić information content (AvgIpc) is 2.57. The van der Waals surface area contributed by atoms with E-state index in [4.69, 9.17) is 4.74 Å². The summed E-state index contributed by atoms with van der Waals surface area (Å²) in [5.41, 5.74) is 1.43. The standard InChI is InChI=1S/C22H27NO/c1-2-4-20-12-21(6-5-19(20)3-1)23-7-8-24-22-13-16-9-17(14-22)11-18(10-16)15-22/h1-6,12,16-18,23H,7-11,13-15H2. The van der Waals surface area contributed by atoms with Crippen molar-refractivity contribution in [2.24, 2.45) is 17.8 Å². The second-order valence-electron chi connectivity index (χ2n) is 8.44. The van der Waals surface area contributed by atoms with Crippen molar-refractivity contribution in [3.63, 3.8) is 0 Å². The van der Waals surface area contributed by atoms with Gasteiger partial charge < -0.3 is 10.1 Å². The molecule has 0 amide bonds. The van der Waals surface area contributed by atoms with Crippen molar-refractivity contribution in [3.05, 3.63) is 42.5 Å². The van der Waals surface area contributed by atoms with Crippen LogP contribution in [0.15, 0.2) is 42.5 Å². The van der Waals surface area contributed by atoms with Crippen molar-refractivity contribution in [2.45, 2.75) is 44.1 Å². The molecule has 2 nitrogen and oxygen atoms in total. The van der Waals surface area contributed by atoms with Gasteiger partial charge in [0.2, 0.25) is 0 Å². The van der Waals surface area contributed by atoms with Gasteiger partial charge in [-0.15, -0.1) is 0 Å². The van der Waals surface area contributed by atoms with Gasteiger partial charge in [0.1, 0.15) is 0 Å². The minimum atomic E-state index is 0.236. The molecule has 0 heterocycles. The first-order valence-corrected chi connectivity index (χ1v) is 9.65. The number of ether oxygens (including phenoxy) is 1. The van der Waals surface area contributed by atoms with Crippen molar-refractivity contribution < 1.29 is 4.74 Å². The van der Waals surface area contributed by atoms with E-state index in [-0.39, 0.29) is 5.60 Å². The zero-order chi connectivity index (χ0) is 16.0. The molecule has 0 atom stereocenters. The maximum Gasteiger partial charge on any atom is 0.0691 e. The predicted octanol–water partition coefficient (Wildman–Crippen LogP) is 5.24. The number of fused-ring (bicyclic) bond motifs is 1. The zero-order valence-corrected chi connectivity index (χ0v) is 14.3. The average molecular weight is 321 g/mol. The third-order valence-corrected chi connectivity index (χ3v) is 6.57. The van der Waals surface area contributed by atoms with Crippen molar-refractivity contribution in [1.82, 2.24) is 0 Å². The summed E-state index contributed by atoms with van der Waals surface area (Å²) in [5, 5.41) is 6.14. The lowest BCUT2D eigenvalue weighted by atomic mass is 9.54. The first kappa shape index (κ1) is 14.8. The number of hydrogen-bond acceptors (Lipinski definition) is 2. The zero-order valence-electron chi connectivity index (χ0n) is 14.3. The van der Waals surface area contributed by atoms with Crippen molar-refractivity contribution in [3.8, 4) is 0 Å². The summed E-state index contributed by atoms with van der Waals surface area (Å²) >= 11 is 0. The Bertz CT molecular complexity index is 702. The fourth-order valence-corrected chi connectivity index (χ4v) is 5.97. The second-order valence-corrected chi connectivity index (χ2v) is 8.44. The Hall–Kier alpha value is -1.54. The molecule has 4 bridgehead atoms. The molecule has 2 aromatic carbocycles. The van der Waals surface area contributed by atoms with E-state index in [2.05, 4.69) is 47.8 Å². The number of nitrogens with one attached hydrogen (secondary N) is 1. The van der Waals surface area contributed by atoms with Crippen LogP contribution in [-0.4, -0.2) is 18.8 Å². The molecule has 4 aliphatic rings. The van der Waals surface area contributed by atoms with Crippen molar-refractivity contribution in [2.75, 3.05) is 18.5 Å². The van der Waals surface area contributed by atoms with E-state index in [1.165, 1.54) is 55.0 Å². The Morgan fingerprint density at radius 2 is 1.54 bits per heavy atom. The van der Waals surface area contributed by atoms with Gasteiger partial charge in [-0.1, -0.05) is 30.3 Å². The van der Waals surface area contributed by atoms with Crippen LogP contribution in [0.2, 0.25) is 0 Å². The highest BCUT2D eigenvalue weighted by Crippen LogP contribution is 2.57. The van der Waals surface area contributed by atoms with Crippen LogP contribution in [0.4, 0.5) is 5.69 Å².